The van der Waals surface area contributed by atoms with E-state index in [1.54, 1.807) is 6.07 Å². The van der Waals surface area contributed by atoms with Crippen molar-refractivity contribution in [2.24, 2.45) is 0 Å². The Hall–Kier alpha value is -2.10. The fraction of sp³-hybridized carbons (Fsp3) is 0.474. The summed E-state index contributed by atoms with van der Waals surface area (Å²) in [7, 11) is 0. The highest BCUT2D eigenvalue weighted by Crippen LogP contribution is 2.32. The largest absolute Gasteiger partial charge is 0.508 e. The topological polar surface area (TPSA) is 49.2 Å². The SMILES string of the molecule is CCCc1cnc(C)nc1N1CCC(c2cccc(O)c2)CC1. The van der Waals surface area contributed by atoms with Gasteiger partial charge in [-0.2, -0.15) is 0 Å². The zero-order chi connectivity index (χ0) is 16.2. The van der Waals surface area contributed by atoms with Gasteiger partial charge >= 0.3 is 0 Å². The lowest BCUT2D eigenvalue weighted by Gasteiger charge is -2.34. The van der Waals surface area contributed by atoms with Gasteiger partial charge in [-0.15, -0.1) is 0 Å². The molecule has 0 atom stereocenters. The van der Waals surface area contributed by atoms with Crippen LogP contribution in [0.25, 0.3) is 0 Å². The van der Waals surface area contributed by atoms with Gasteiger partial charge in [-0.05, 0) is 49.8 Å². The van der Waals surface area contributed by atoms with E-state index < -0.39 is 0 Å². The maximum absolute atomic E-state index is 9.67. The Balaban J connectivity index is 1.73. The molecule has 0 saturated carbocycles. The summed E-state index contributed by atoms with van der Waals surface area (Å²) >= 11 is 0. The van der Waals surface area contributed by atoms with Gasteiger partial charge in [0.1, 0.15) is 17.4 Å². The van der Waals surface area contributed by atoms with Crippen LogP contribution in [0.4, 0.5) is 5.82 Å². The van der Waals surface area contributed by atoms with Crippen molar-refractivity contribution in [3.05, 3.63) is 47.4 Å². The number of aryl methyl sites for hydroxylation is 2. The second-order valence-corrected chi connectivity index (χ2v) is 6.37. The predicted molar refractivity (Wildman–Crippen MR) is 93.1 cm³/mol. The van der Waals surface area contributed by atoms with Crippen molar-refractivity contribution in [1.82, 2.24) is 9.97 Å². The molecule has 0 bridgehead atoms. The summed E-state index contributed by atoms with van der Waals surface area (Å²) in [5.74, 6) is 2.85. The molecule has 4 heteroatoms. The highest BCUT2D eigenvalue weighted by molar-refractivity contribution is 5.47. The van der Waals surface area contributed by atoms with Gasteiger partial charge in [0, 0.05) is 24.8 Å². The first-order valence-corrected chi connectivity index (χ1v) is 8.53. The Bertz CT molecular complexity index is 663. The van der Waals surface area contributed by atoms with E-state index in [1.807, 2.05) is 25.3 Å². The summed E-state index contributed by atoms with van der Waals surface area (Å²) < 4.78 is 0. The molecule has 1 fully saturated rings. The summed E-state index contributed by atoms with van der Waals surface area (Å²) in [5.41, 5.74) is 2.51. The van der Waals surface area contributed by atoms with Crippen LogP contribution in [0.5, 0.6) is 5.75 Å². The van der Waals surface area contributed by atoms with Crippen molar-refractivity contribution >= 4 is 5.82 Å². The molecule has 23 heavy (non-hydrogen) atoms. The van der Waals surface area contributed by atoms with Gasteiger partial charge in [-0.1, -0.05) is 25.5 Å². The average Bonchev–Trinajstić information content (AvgIpc) is 2.57. The van der Waals surface area contributed by atoms with E-state index in [4.69, 9.17) is 4.98 Å². The lowest BCUT2D eigenvalue weighted by molar-refractivity contribution is 0.467. The summed E-state index contributed by atoms with van der Waals surface area (Å²) in [6.45, 7) is 6.16. The van der Waals surface area contributed by atoms with E-state index in [0.29, 0.717) is 11.7 Å². The average molecular weight is 311 g/mol. The van der Waals surface area contributed by atoms with Crippen LogP contribution in [0.3, 0.4) is 0 Å². The van der Waals surface area contributed by atoms with Crippen molar-refractivity contribution in [2.75, 3.05) is 18.0 Å². The summed E-state index contributed by atoms with van der Waals surface area (Å²) in [5, 5.41) is 9.67. The third-order valence-corrected chi connectivity index (χ3v) is 4.62. The van der Waals surface area contributed by atoms with Gasteiger partial charge in [0.05, 0.1) is 0 Å². The summed E-state index contributed by atoms with van der Waals surface area (Å²) in [6.07, 6.45) is 6.32. The molecule has 0 amide bonds. The smallest absolute Gasteiger partial charge is 0.135 e. The lowest BCUT2D eigenvalue weighted by Crippen LogP contribution is -2.34. The Morgan fingerprint density at radius 2 is 2.04 bits per heavy atom. The monoisotopic (exact) mass is 311 g/mol. The molecule has 1 N–H and O–H groups in total. The van der Waals surface area contributed by atoms with Crippen LogP contribution in [0, 0.1) is 6.92 Å². The highest BCUT2D eigenvalue weighted by Gasteiger charge is 2.23. The minimum Gasteiger partial charge on any atom is -0.508 e. The number of hydrogen-bond donors (Lipinski definition) is 1. The van der Waals surface area contributed by atoms with Crippen LogP contribution in [0.1, 0.15) is 49.1 Å². The van der Waals surface area contributed by atoms with Gasteiger partial charge < -0.3 is 10.0 Å². The van der Waals surface area contributed by atoms with Crippen molar-refractivity contribution in [3.63, 3.8) is 0 Å². The minimum atomic E-state index is 0.363. The van der Waals surface area contributed by atoms with E-state index >= 15 is 0 Å². The van der Waals surface area contributed by atoms with Crippen molar-refractivity contribution in [1.29, 1.82) is 0 Å². The maximum atomic E-state index is 9.67. The van der Waals surface area contributed by atoms with Crippen molar-refractivity contribution < 1.29 is 5.11 Å². The fourth-order valence-electron chi connectivity index (χ4n) is 3.41. The molecule has 0 radical (unpaired) electrons. The quantitative estimate of drug-likeness (QED) is 0.932. The van der Waals surface area contributed by atoms with Crippen molar-refractivity contribution in [2.45, 2.75) is 45.4 Å². The van der Waals surface area contributed by atoms with E-state index in [9.17, 15) is 5.11 Å². The third kappa shape index (κ3) is 3.63. The standard InChI is InChI=1S/C19H25N3O/c1-3-5-17-13-20-14(2)21-19(17)22-10-8-15(9-11-22)16-6-4-7-18(23)12-16/h4,6-7,12-13,15,23H,3,5,8-11H2,1-2H3. The minimum absolute atomic E-state index is 0.363. The van der Waals surface area contributed by atoms with Gasteiger partial charge in [-0.3, -0.25) is 0 Å². The lowest BCUT2D eigenvalue weighted by atomic mass is 9.89. The number of rotatable bonds is 4. The normalized spacial score (nSPS) is 15.8. The van der Waals surface area contributed by atoms with Crippen LogP contribution in [0.2, 0.25) is 0 Å². The van der Waals surface area contributed by atoms with E-state index in [1.165, 1.54) is 11.1 Å². The van der Waals surface area contributed by atoms with Crippen LogP contribution in [-0.4, -0.2) is 28.2 Å². The van der Waals surface area contributed by atoms with E-state index in [2.05, 4.69) is 22.9 Å². The molecule has 1 aromatic carbocycles. The zero-order valence-corrected chi connectivity index (χ0v) is 14.0. The van der Waals surface area contributed by atoms with Gasteiger partial charge in [-0.25, -0.2) is 9.97 Å². The van der Waals surface area contributed by atoms with E-state index in [-0.39, 0.29) is 0 Å². The molecule has 4 nitrogen and oxygen atoms in total. The number of aromatic nitrogens is 2. The van der Waals surface area contributed by atoms with Gasteiger partial charge in [0.25, 0.3) is 0 Å². The van der Waals surface area contributed by atoms with Crippen molar-refractivity contribution in [3.8, 4) is 5.75 Å². The Morgan fingerprint density at radius 1 is 1.26 bits per heavy atom. The number of hydrogen-bond acceptors (Lipinski definition) is 4. The van der Waals surface area contributed by atoms with E-state index in [0.717, 1.165) is 50.4 Å². The summed E-state index contributed by atoms with van der Waals surface area (Å²) in [4.78, 5) is 11.5. The molecule has 1 saturated heterocycles. The number of piperidine rings is 1. The number of aromatic hydroxyl groups is 1. The second-order valence-electron chi connectivity index (χ2n) is 6.37. The molecule has 2 aromatic rings. The first kappa shape index (κ1) is 15.8. The second kappa shape index (κ2) is 6.99. The maximum Gasteiger partial charge on any atom is 0.135 e. The molecule has 2 heterocycles. The molecule has 1 aliphatic heterocycles. The molecule has 0 spiro atoms. The van der Waals surface area contributed by atoms with Crippen LogP contribution < -0.4 is 4.90 Å². The highest BCUT2D eigenvalue weighted by atomic mass is 16.3. The Kier molecular flexibility index (Phi) is 4.79. The number of nitrogens with zero attached hydrogens (tertiary/aromatic N) is 3. The van der Waals surface area contributed by atoms with Crippen LogP contribution in [0.15, 0.2) is 30.5 Å². The molecule has 0 unspecified atom stereocenters. The molecule has 122 valence electrons. The number of anilines is 1. The van der Waals surface area contributed by atoms with Gasteiger partial charge in [0.15, 0.2) is 0 Å². The third-order valence-electron chi connectivity index (χ3n) is 4.62. The molecular formula is C19H25N3O. The molecule has 3 rings (SSSR count). The van der Waals surface area contributed by atoms with Crippen LogP contribution >= 0.6 is 0 Å². The first-order chi connectivity index (χ1) is 11.2. The predicted octanol–water partition coefficient (Wildman–Crippen LogP) is 3.83. The number of phenolic OH excluding ortho intramolecular Hbond substituents is 1. The molecule has 0 aliphatic carbocycles. The molecular weight excluding hydrogens is 286 g/mol. The molecule has 1 aliphatic rings. The summed E-state index contributed by atoms with van der Waals surface area (Å²) in [6, 6.07) is 7.69. The molecule has 1 aromatic heterocycles. The number of benzene rings is 1. The fourth-order valence-corrected chi connectivity index (χ4v) is 3.41. The Morgan fingerprint density at radius 3 is 2.74 bits per heavy atom. The Labute approximate surface area is 138 Å². The zero-order valence-electron chi connectivity index (χ0n) is 14.0. The van der Waals surface area contributed by atoms with Crippen LogP contribution in [-0.2, 0) is 6.42 Å². The number of phenols is 1. The van der Waals surface area contributed by atoms with Gasteiger partial charge in [0.2, 0.25) is 0 Å². The first-order valence-electron chi connectivity index (χ1n) is 8.53.